The van der Waals surface area contributed by atoms with Gasteiger partial charge in [-0.15, -0.1) is 23.7 Å². The number of carbonyl (C=O) groups is 5. The molecular weight excluding hydrogens is 728 g/mol. The van der Waals surface area contributed by atoms with Crippen molar-refractivity contribution in [1.29, 1.82) is 0 Å². The standard InChI is InChI=1S/C40H54N6O6S.ClH/c1-25-36(53-24-44-25)29-16-13-28(14-17-29)22-43-38(51)32-21-30(47)23-46(32)39(52)37(40(2,3)4)45-35(50)8-6-5-7-26-9-11-27(12-10-26)15-19-33(48)31(41)18-20-34(42)49;/h9-14,16-17,24,30-32,37,47H,5-8,15,18-23,41H2,1-4H3,(H2,42,49)(H,43,51)(H,45,50);1H/t30-,31+,32+,37-;/m1./s1. The van der Waals surface area contributed by atoms with Crippen molar-refractivity contribution in [3.8, 4) is 10.4 Å². The molecule has 14 heteroatoms. The van der Waals surface area contributed by atoms with Crippen LogP contribution in [0.4, 0.5) is 0 Å². The van der Waals surface area contributed by atoms with E-state index in [1.54, 1.807) is 11.3 Å². The number of primary amides is 1. The number of carbonyl (C=O) groups excluding carboxylic acids is 5. The number of nitrogens with one attached hydrogen (secondary N) is 2. The number of benzene rings is 2. The maximum atomic E-state index is 13.9. The van der Waals surface area contributed by atoms with E-state index < -0.39 is 35.6 Å². The van der Waals surface area contributed by atoms with Crippen molar-refractivity contribution in [2.45, 2.75) is 116 Å². The van der Waals surface area contributed by atoms with Crippen molar-refractivity contribution >= 4 is 53.2 Å². The second kappa shape index (κ2) is 20.5. The zero-order valence-corrected chi connectivity index (χ0v) is 33.3. The quantitative estimate of drug-likeness (QED) is 0.119. The van der Waals surface area contributed by atoms with Crippen LogP contribution < -0.4 is 22.1 Å². The number of rotatable bonds is 18. The normalized spacial score (nSPS) is 16.6. The molecule has 4 amide bonds. The van der Waals surface area contributed by atoms with Gasteiger partial charge in [0.1, 0.15) is 17.9 Å². The van der Waals surface area contributed by atoms with Gasteiger partial charge in [-0.1, -0.05) is 69.3 Å². The summed E-state index contributed by atoms with van der Waals surface area (Å²) in [4.78, 5) is 70.4. The van der Waals surface area contributed by atoms with E-state index in [-0.39, 0.29) is 74.7 Å². The molecule has 3 aromatic rings. The summed E-state index contributed by atoms with van der Waals surface area (Å²) in [5.41, 5.74) is 17.2. The first-order valence-electron chi connectivity index (χ1n) is 18.3. The molecule has 1 aliphatic heterocycles. The fourth-order valence-electron chi connectivity index (χ4n) is 6.41. The summed E-state index contributed by atoms with van der Waals surface area (Å²) in [7, 11) is 0. The first kappa shape index (κ1) is 44.2. The second-order valence-corrected chi connectivity index (χ2v) is 15.9. The highest BCUT2D eigenvalue weighted by Gasteiger charge is 2.44. The van der Waals surface area contributed by atoms with E-state index in [4.69, 9.17) is 11.5 Å². The molecule has 4 rings (SSSR count). The summed E-state index contributed by atoms with van der Waals surface area (Å²) in [6.07, 6.45) is 2.87. The molecule has 0 radical (unpaired) electrons. The summed E-state index contributed by atoms with van der Waals surface area (Å²) in [6, 6.07) is 13.5. The molecule has 0 saturated carbocycles. The van der Waals surface area contributed by atoms with Crippen LogP contribution in [0.5, 0.6) is 0 Å². The molecule has 0 aliphatic carbocycles. The number of nitrogens with zero attached hydrogens (tertiary/aromatic N) is 2. The number of aryl methyl sites for hydroxylation is 3. The van der Waals surface area contributed by atoms with Gasteiger partial charge in [0.05, 0.1) is 28.2 Å². The lowest BCUT2D eigenvalue weighted by atomic mass is 9.85. The van der Waals surface area contributed by atoms with Gasteiger partial charge in [-0.05, 0) is 66.7 Å². The van der Waals surface area contributed by atoms with Crippen LogP contribution in [-0.2, 0) is 43.4 Å². The van der Waals surface area contributed by atoms with Crippen LogP contribution in [0.25, 0.3) is 10.4 Å². The molecule has 1 fully saturated rings. The SMILES string of the molecule is Cc1ncsc1-c1ccc(CNC(=O)[C@@H]2C[C@@H](O)CN2C(=O)[C@@H](NC(=O)CCCCc2ccc(CCC(=O)[C@@H](N)CCC(N)=O)cc2)C(C)(C)C)cc1.Cl. The second-order valence-electron chi connectivity index (χ2n) is 15.0. The Bertz CT molecular complexity index is 1730. The molecule has 54 heavy (non-hydrogen) atoms. The van der Waals surface area contributed by atoms with Crippen LogP contribution in [0.3, 0.4) is 0 Å². The molecule has 4 atom stereocenters. The molecular formula is C40H55ClN6O6S. The van der Waals surface area contributed by atoms with Crippen LogP contribution in [0.1, 0.15) is 88.1 Å². The lowest BCUT2D eigenvalue weighted by Crippen LogP contribution is -2.57. The number of nitrogens with two attached hydrogens (primary N) is 2. The Morgan fingerprint density at radius 2 is 1.57 bits per heavy atom. The van der Waals surface area contributed by atoms with Gasteiger partial charge in [0, 0.05) is 38.8 Å². The number of aromatic nitrogens is 1. The number of aliphatic hydroxyl groups is 1. The Hall–Kier alpha value is -4.17. The van der Waals surface area contributed by atoms with E-state index >= 15 is 0 Å². The van der Waals surface area contributed by atoms with E-state index in [0.29, 0.717) is 19.3 Å². The number of β-amino-alcohol motifs (C(OH)–C–C–N with tert-alkyl or cyclic N) is 1. The number of hydrogen-bond donors (Lipinski definition) is 5. The van der Waals surface area contributed by atoms with Crippen molar-refractivity contribution in [1.82, 2.24) is 20.5 Å². The summed E-state index contributed by atoms with van der Waals surface area (Å²) in [5, 5.41) is 16.4. The molecule has 2 heterocycles. The Labute approximate surface area is 328 Å². The van der Waals surface area contributed by atoms with Gasteiger partial charge in [0.25, 0.3) is 0 Å². The molecule has 1 aliphatic rings. The maximum Gasteiger partial charge on any atom is 0.246 e. The first-order chi connectivity index (χ1) is 25.1. The summed E-state index contributed by atoms with van der Waals surface area (Å²) in [6.45, 7) is 7.86. The minimum absolute atomic E-state index is 0. The Balaban J connectivity index is 0.00000784. The van der Waals surface area contributed by atoms with E-state index in [2.05, 4.69) is 15.6 Å². The van der Waals surface area contributed by atoms with Crippen molar-refractivity contribution in [2.75, 3.05) is 6.54 Å². The van der Waals surface area contributed by atoms with Gasteiger partial charge in [-0.25, -0.2) is 4.98 Å². The van der Waals surface area contributed by atoms with Crippen molar-refractivity contribution < 1.29 is 29.1 Å². The highest BCUT2D eigenvalue weighted by atomic mass is 35.5. The van der Waals surface area contributed by atoms with E-state index in [1.165, 1.54) is 4.90 Å². The average molecular weight is 783 g/mol. The number of likely N-dealkylation sites (tertiary alicyclic amines) is 1. The Kier molecular flexibility index (Phi) is 16.8. The fourth-order valence-corrected chi connectivity index (χ4v) is 7.22. The number of thiazole rings is 1. The van der Waals surface area contributed by atoms with Gasteiger partial charge in [-0.2, -0.15) is 0 Å². The van der Waals surface area contributed by atoms with E-state index in [1.807, 2.05) is 81.7 Å². The highest BCUT2D eigenvalue weighted by Crippen LogP contribution is 2.28. The molecule has 12 nitrogen and oxygen atoms in total. The van der Waals surface area contributed by atoms with E-state index in [0.717, 1.165) is 45.7 Å². The minimum Gasteiger partial charge on any atom is -0.391 e. The molecule has 2 aromatic carbocycles. The summed E-state index contributed by atoms with van der Waals surface area (Å²) < 4.78 is 0. The number of unbranched alkanes of at least 4 members (excludes halogenated alkanes) is 1. The predicted octanol–water partition coefficient (Wildman–Crippen LogP) is 4.16. The van der Waals surface area contributed by atoms with Crippen LogP contribution in [0.15, 0.2) is 54.0 Å². The van der Waals surface area contributed by atoms with Crippen molar-refractivity contribution in [2.24, 2.45) is 16.9 Å². The monoisotopic (exact) mass is 782 g/mol. The number of aliphatic hydroxyl groups excluding tert-OH is 1. The summed E-state index contributed by atoms with van der Waals surface area (Å²) >= 11 is 1.58. The van der Waals surface area contributed by atoms with E-state index in [9.17, 15) is 29.1 Å². The predicted molar refractivity (Wildman–Crippen MR) is 213 cm³/mol. The van der Waals surface area contributed by atoms with Gasteiger partial charge >= 0.3 is 0 Å². The zero-order chi connectivity index (χ0) is 38.7. The highest BCUT2D eigenvalue weighted by molar-refractivity contribution is 7.13. The maximum absolute atomic E-state index is 13.9. The molecule has 0 bridgehead atoms. The van der Waals surface area contributed by atoms with Crippen molar-refractivity contribution in [3.63, 3.8) is 0 Å². The molecule has 7 N–H and O–H groups in total. The van der Waals surface area contributed by atoms with Crippen LogP contribution in [0, 0.1) is 12.3 Å². The smallest absolute Gasteiger partial charge is 0.246 e. The minimum atomic E-state index is -0.879. The van der Waals surface area contributed by atoms with Gasteiger partial charge < -0.3 is 32.1 Å². The Morgan fingerprint density at radius 3 is 2.17 bits per heavy atom. The topological polar surface area (TPSA) is 198 Å². The molecule has 0 unspecified atom stereocenters. The van der Waals surface area contributed by atoms with Gasteiger partial charge in [-0.3, -0.25) is 24.0 Å². The molecule has 0 spiro atoms. The fraction of sp³-hybridized carbons (Fsp3) is 0.500. The van der Waals surface area contributed by atoms with Gasteiger partial charge in [0.2, 0.25) is 23.6 Å². The molecule has 1 aromatic heterocycles. The Morgan fingerprint density at radius 1 is 0.944 bits per heavy atom. The van der Waals surface area contributed by atoms with Crippen LogP contribution >= 0.6 is 23.7 Å². The van der Waals surface area contributed by atoms with Crippen LogP contribution in [-0.4, -0.2) is 75.2 Å². The lowest BCUT2D eigenvalue weighted by Gasteiger charge is -2.35. The number of Topliss-reactive ketones (excluding diaryl/α,β-unsaturated/α-hetero) is 1. The zero-order valence-electron chi connectivity index (χ0n) is 31.6. The molecule has 294 valence electrons. The number of ketones is 1. The van der Waals surface area contributed by atoms with Crippen molar-refractivity contribution in [3.05, 3.63) is 76.4 Å². The third kappa shape index (κ3) is 13.0. The average Bonchev–Trinajstić information content (AvgIpc) is 3.74. The van der Waals surface area contributed by atoms with Crippen LogP contribution in [0.2, 0.25) is 0 Å². The lowest BCUT2D eigenvalue weighted by molar-refractivity contribution is -0.144. The largest absolute Gasteiger partial charge is 0.391 e. The van der Waals surface area contributed by atoms with Gasteiger partial charge in [0.15, 0.2) is 0 Å². The number of halogens is 1. The summed E-state index contributed by atoms with van der Waals surface area (Å²) in [5.74, 6) is -1.55. The number of hydrogen-bond acceptors (Lipinski definition) is 9. The third-order valence-electron chi connectivity index (χ3n) is 9.63. The molecule has 1 saturated heterocycles. The third-order valence-corrected chi connectivity index (χ3v) is 10.6. The first-order valence-corrected chi connectivity index (χ1v) is 19.2. The number of amides is 4.